The zero-order valence-electron chi connectivity index (χ0n) is 9.72. The number of nitrogens with zero attached hydrogens (tertiary/aromatic N) is 2. The highest BCUT2D eigenvalue weighted by atomic mass is 16.5. The maximum atomic E-state index is 11.2. The smallest absolute Gasteiger partial charge is 0.306 e. The minimum absolute atomic E-state index is 0.185. The van der Waals surface area contributed by atoms with E-state index >= 15 is 0 Å². The summed E-state index contributed by atoms with van der Waals surface area (Å²) in [6, 6.07) is 7.73. The summed E-state index contributed by atoms with van der Waals surface area (Å²) in [4.78, 5) is 19.8. The Labute approximate surface area is 99.7 Å². The van der Waals surface area contributed by atoms with E-state index in [2.05, 4.69) is 9.97 Å². The van der Waals surface area contributed by atoms with Gasteiger partial charge in [-0.15, -0.1) is 0 Å². The van der Waals surface area contributed by atoms with Crippen LogP contribution < -0.4 is 0 Å². The van der Waals surface area contributed by atoms with Crippen LogP contribution in [-0.2, 0) is 16.0 Å². The molecular formula is C13H14N2O2. The number of esters is 1. The molecule has 0 fully saturated rings. The molecule has 2 rings (SSSR count). The van der Waals surface area contributed by atoms with Crippen molar-refractivity contribution in [2.24, 2.45) is 0 Å². The number of ether oxygens (including phenoxy) is 1. The SMILES string of the molecule is CCOC(=O)CCc1ccc2cccnc2n1. The lowest BCUT2D eigenvalue weighted by atomic mass is 10.2. The molecule has 0 aliphatic rings. The number of aryl methyl sites for hydroxylation is 1. The first kappa shape index (κ1) is 11.5. The van der Waals surface area contributed by atoms with E-state index in [1.54, 1.807) is 13.1 Å². The topological polar surface area (TPSA) is 52.1 Å². The van der Waals surface area contributed by atoms with Gasteiger partial charge in [0.25, 0.3) is 0 Å². The highest BCUT2D eigenvalue weighted by Gasteiger charge is 2.04. The lowest BCUT2D eigenvalue weighted by molar-refractivity contribution is -0.143. The van der Waals surface area contributed by atoms with Gasteiger partial charge in [-0.2, -0.15) is 0 Å². The fourth-order valence-corrected chi connectivity index (χ4v) is 1.59. The fraction of sp³-hybridized carbons (Fsp3) is 0.308. The van der Waals surface area contributed by atoms with Crippen molar-refractivity contribution in [3.63, 3.8) is 0 Å². The van der Waals surface area contributed by atoms with Crippen LogP contribution in [0.3, 0.4) is 0 Å². The third-order valence-corrected chi connectivity index (χ3v) is 2.41. The number of hydrogen-bond acceptors (Lipinski definition) is 4. The van der Waals surface area contributed by atoms with Crippen LogP contribution in [0.2, 0.25) is 0 Å². The molecule has 0 saturated carbocycles. The molecule has 88 valence electrons. The fourth-order valence-electron chi connectivity index (χ4n) is 1.59. The number of pyridine rings is 2. The summed E-state index contributed by atoms with van der Waals surface area (Å²) in [6.45, 7) is 2.22. The number of fused-ring (bicyclic) bond motifs is 1. The van der Waals surface area contributed by atoms with Crippen molar-refractivity contribution in [2.45, 2.75) is 19.8 Å². The lowest BCUT2D eigenvalue weighted by Gasteiger charge is -2.02. The Kier molecular flexibility index (Phi) is 3.65. The number of carbonyl (C=O) groups is 1. The first-order valence-electron chi connectivity index (χ1n) is 5.66. The monoisotopic (exact) mass is 230 g/mol. The highest BCUT2D eigenvalue weighted by Crippen LogP contribution is 2.10. The van der Waals surface area contributed by atoms with E-state index in [9.17, 15) is 4.79 Å². The van der Waals surface area contributed by atoms with E-state index in [0.717, 1.165) is 11.1 Å². The van der Waals surface area contributed by atoms with Crippen molar-refractivity contribution in [3.8, 4) is 0 Å². The molecule has 0 aliphatic carbocycles. The highest BCUT2D eigenvalue weighted by molar-refractivity contribution is 5.74. The summed E-state index contributed by atoms with van der Waals surface area (Å²) >= 11 is 0. The van der Waals surface area contributed by atoms with Gasteiger partial charge < -0.3 is 4.74 Å². The largest absolute Gasteiger partial charge is 0.466 e. The Hall–Kier alpha value is -1.97. The molecule has 2 aromatic rings. The van der Waals surface area contributed by atoms with Crippen LogP contribution >= 0.6 is 0 Å². The minimum atomic E-state index is -0.185. The standard InChI is InChI=1S/C13H14N2O2/c1-2-17-12(16)8-7-11-6-5-10-4-3-9-14-13(10)15-11/h3-6,9H,2,7-8H2,1H3. The molecule has 0 unspecified atom stereocenters. The average Bonchev–Trinajstić information content (AvgIpc) is 2.36. The summed E-state index contributed by atoms with van der Waals surface area (Å²) in [5, 5.41) is 1.01. The predicted octanol–water partition coefficient (Wildman–Crippen LogP) is 2.13. The zero-order chi connectivity index (χ0) is 12.1. The van der Waals surface area contributed by atoms with Crippen LogP contribution in [0.4, 0.5) is 0 Å². The number of rotatable bonds is 4. The zero-order valence-corrected chi connectivity index (χ0v) is 9.72. The van der Waals surface area contributed by atoms with Gasteiger partial charge in [-0.1, -0.05) is 0 Å². The Morgan fingerprint density at radius 1 is 1.35 bits per heavy atom. The van der Waals surface area contributed by atoms with Gasteiger partial charge >= 0.3 is 5.97 Å². The molecule has 4 heteroatoms. The molecule has 0 amide bonds. The van der Waals surface area contributed by atoms with Crippen molar-refractivity contribution in [3.05, 3.63) is 36.2 Å². The molecule has 17 heavy (non-hydrogen) atoms. The third-order valence-electron chi connectivity index (χ3n) is 2.41. The molecule has 0 spiro atoms. The first-order valence-corrected chi connectivity index (χ1v) is 5.66. The van der Waals surface area contributed by atoms with Crippen molar-refractivity contribution in [1.82, 2.24) is 9.97 Å². The summed E-state index contributed by atoms with van der Waals surface area (Å²) in [5.41, 5.74) is 1.58. The van der Waals surface area contributed by atoms with Crippen LogP contribution in [0.5, 0.6) is 0 Å². The van der Waals surface area contributed by atoms with Gasteiger partial charge in [0.1, 0.15) is 0 Å². The molecule has 2 heterocycles. The second kappa shape index (κ2) is 5.39. The Balaban J connectivity index is 2.06. The first-order chi connectivity index (χ1) is 8.29. The molecule has 0 aromatic carbocycles. The summed E-state index contributed by atoms with van der Waals surface area (Å²) < 4.78 is 4.87. The number of aromatic nitrogens is 2. The molecule has 0 bridgehead atoms. The van der Waals surface area contributed by atoms with Crippen LogP contribution in [0, 0.1) is 0 Å². The molecule has 0 saturated heterocycles. The van der Waals surface area contributed by atoms with E-state index < -0.39 is 0 Å². The van der Waals surface area contributed by atoms with Crippen molar-refractivity contribution in [1.29, 1.82) is 0 Å². The van der Waals surface area contributed by atoms with E-state index in [1.807, 2.05) is 24.3 Å². The van der Waals surface area contributed by atoms with E-state index in [0.29, 0.717) is 25.1 Å². The molecule has 0 aliphatic heterocycles. The molecular weight excluding hydrogens is 216 g/mol. The number of carbonyl (C=O) groups excluding carboxylic acids is 1. The summed E-state index contributed by atoms with van der Waals surface area (Å²) in [6.07, 6.45) is 2.66. The van der Waals surface area contributed by atoms with E-state index in [-0.39, 0.29) is 5.97 Å². The molecule has 0 N–H and O–H groups in total. The van der Waals surface area contributed by atoms with Crippen LogP contribution in [0.25, 0.3) is 11.0 Å². The molecule has 4 nitrogen and oxygen atoms in total. The quantitative estimate of drug-likeness (QED) is 0.755. The summed E-state index contributed by atoms with van der Waals surface area (Å²) in [5.74, 6) is -0.185. The average molecular weight is 230 g/mol. The van der Waals surface area contributed by atoms with Gasteiger partial charge in [-0.25, -0.2) is 9.97 Å². The van der Waals surface area contributed by atoms with Crippen LogP contribution in [0.15, 0.2) is 30.5 Å². The second-order valence-corrected chi connectivity index (χ2v) is 3.66. The van der Waals surface area contributed by atoms with E-state index in [4.69, 9.17) is 4.74 Å². The minimum Gasteiger partial charge on any atom is -0.466 e. The van der Waals surface area contributed by atoms with Crippen molar-refractivity contribution < 1.29 is 9.53 Å². The van der Waals surface area contributed by atoms with E-state index in [1.165, 1.54) is 0 Å². The molecule has 2 aromatic heterocycles. The van der Waals surface area contributed by atoms with Crippen LogP contribution in [0.1, 0.15) is 19.0 Å². The summed E-state index contributed by atoms with van der Waals surface area (Å²) in [7, 11) is 0. The van der Waals surface area contributed by atoms with Gasteiger partial charge in [0.05, 0.1) is 13.0 Å². The Morgan fingerprint density at radius 2 is 2.24 bits per heavy atom. The second-order valence-electron chi connectivity index (χ2n) is 3.66. The van der Waals surface area contributed by atoms with Crippen LogP contribution in [-0.4, -0.2) is 22.5 Å². The van der Waals surface area contributed by atoms with Gasteiger partial charge in [-0.05, 0) is 31.2 Å². The molecule has 0 radical (unpaired) electrons. The van der Waals surface area contributed by atoms with Crippen molar-refractivity contribution >= 4 is 17.0 Å². The van der Waals surface area contributed by atoms with Gasteiger partial charge in [0.2, 0.25) is 0 Å². The van der Waals surface area contributed by atoms with Gasteiger partial charge in [-0.3, -0.25) is 4.79 Å². The molecule has 0 atom stereocenters. The lowest BCUT2D eigenvalue weighted by Crippen LogP contribution is -2.06. The third kappa shape index (κ3) is 3.00. The Bertz CT molecular complexity index is 526. The predicted molar refractivity (Wildman–Crippen MR) is 64.5 cm³/mol. The normalized spacial score (nSPS) is 10.4. The Morgan fingerprint density at radius 3 is 3.06 bits per heavy atom. The maximum Gasteiger partial charge on any atom is 0.306 e. The van der Waals surface area contributed by atoms with Crippen molar-refractivity contribution in [2.75, 3.05) is 6.61 Å². The maximum absolute atomic E-state index is 11.2. The van der Waals surface area contributed by atoms with Gasteiger partial charge in [0, 0.05) is 23.7 Å². The van der Waals surface area contributed by atoms with Gasteiger partial charge in [0.15, 0.2) is 5.65 Å². The number of hydrogen-bond donors (Lipinski definition) is 0.